The number of halogens is 1. The van der Waals surface area contributed by atoms with E-state index in [0.717, 1.165) is 21.0 Å². The van der Waals surface area contributed by atoms with E-state index in [1.807, 2.05) is 58.0 Å². The van der Waals surface area contributed by atoms with Crippen LogP contribution in [0.15, 0.2) is 77.7 Å². The molecule has 0 bridgehead atoms. The summed E-state index contributed by atoms with van der Waals surface area (Å²) in [5.41, 5.74) is 2.96. The zero-order valence-electron chi connectivity index (χ0n) is 23.7. The van der Waals surface area contributed by atoms with Crippen molar-refractivity contribution in [3.05, 3.63) is 94.5 Å². The topological polar surface area (TPSA) is 86.8 Å². The number of hydrogen-bond acceptors (Lipinski definition) is 4. The number of carbonyl (C=O) groups excluding carboxylic acids is 2. The highest BCUT2D eigenvalue weighted by atomic mass is 35.5. The van der Waals surface area contributed by atoms with Crippen LogP contribution in [-0.4, -0.2) is 50.8 Å². The first-order chi connectivity index (χ1) is 18.9. The first-order valence-corrected chi connectivity index (χ1v) is 15.2. The Labute approximate surface area is 243 Å². The number of benzene rings is 3. The van der Waals surface area contributed by atoms with Gasteiger partial charge in [-0.1, -0.05) is 79.5 Å². The second kappa shape index (κ2) is 13.8. The summed E-state index contributed by atoms with van der Waals surface area (Å²) in [6.45, 7) is 9.55. The molecule has 0 spiro atoms. The van der Waals surface area contributed by atoms with E-state index in [0.29, 0.717) is 18.0 Å². The zero-order chi connectivity index (χ0) is 29.4. The second-order valence-corrected chi connectivity index (χ2v) is 12.7. The molecule has 1 atom stereocenters. The van der Waals surface area contributed by atoms with Gasteiger partial charge in [-0.15, -0.1) is 0 Å². The molecule has 0 unspecified atom stereocenters. The van der Waals surface area contributed by atoms with Crippen LogP contribution in [0.25, 0.3) is 0 Å². The molecule has 0 aliphatic heterocycles. The molecule has 9 heteroatoms. The fraction of sp³-hybridized carbons (Fsp3) is 0.355. The van der Waals surface area contributed by atoms with Crippen molar-refractivity contribution in [3.63, 3.8) is 0 Å². The summed E-state index contributed by atoms with van der Waals surface area (Å²) in [5.74, 6) is -0.539. The number of amides is 2. The summed E-state index contributed by atoms with van der Waals surface area (Å²) in [4.78, 5) is 28.5. The maximum Gasteiger partial charge on any atom is 0.264 e. The summed E-state index contributed by atoms with van der Waals surface area (Å²) >= 11 is 6.37. The summed E-state index contributed by atoms with van der Waals surface area (Å²) in [6, 6.07) is 20.2. The molecule has 0 radical (unpaired) electrons. The van der Waals surface area contributed by atoms with Gasteiger partial charge in [-0.3, -0.25) is 13.9 Å². The smallest absolute Gasteiger partial charge is 0.264 e. The number of rotatable bonds is 12. The Morgan fingerprint density at radius 3 is 2.17 bits per heavy atom. The quantitative estimate of drug-likeness (QED) is 0.310. The van der Waals surface area contributed by atoms with Gasteiger partial charge in [0.2, 0.25) is 11.8 Å². The van der Waals surface area contributed by atoms with E-state index >= 15 is 0 Å². The number of sulfonamides is 1. The van der Waals surface area contributed by atoms with Crippen LogP contribution in [0.3, 0.4) is 0 Å². The molecule has 1 N–H and O–H groups in total. The van der Waals surface area contributed by atoms with Crippen molar-refractivity contribution in [2.24, 2.45) is 5.92 Å². The Kier molecular flexibility index (Phi) is 10.8. The van der Waals surface area contributed by atoms with Gasteiger partial charge in [0.05, 0.1) is 10.6 Å². The van der Waals surface area contributed by atoms with Gasteiger partial charge in [-0.05, 0) is 68.5 Å². The van der Waals surface area contributed by atoms with Crippen LogP contribution in [0.5, 0.6) is 0 Å². The monoisotopic (exact) mass is 583 g/mol. The van der Waals surface area contributed by atoms with Crippen molar-refractivity contribution in [1.29, 1.82) is 0 Å². The van der Waals surface area contributed by atoms with Gasteiger partial charge in [-0.2, -0.15) is 0 Å². The lowest BCUT2D eigenvalue weighted by molar-refractivity contribution is -0.138. The van der Waals surface area contributed by atoms with Crippen molar-refractivity contribution < 1.29 is 18.0 Å². The molecule has 0 aliphatic rings. The van der Waals surface area contributed by atoms with Crippen LogP contribution >= 0.6 is 11.6 Å². The number of carbonyl (C=O) groups is 2. The summed E-state index contributed by atoms with van der Waals surface area (Å²) in [7, 11) is -4.14. The minimum Gasteiger partial charge on any atom is -0.354 e. The standard InChI is InChI=1S/C31H38ClN3O4S/c1-22(2)20-33-31(37)25(5)34(18-17-26-9-7-6-8-10-26)30(36)21-35(27-14-13-24(4)29(32)19-27)40(38,39)28-15-11-23(3)12-16-28/h6-16,19,22,25H,17-18,20-21H2,1-5H3,(H,33,37)/t25-/m0/s1. The highest BCUT2D eigenvalue weighted by molar-refractivity contribution is 7.92. The van der Waals surface area contributed by atoms with E-state index in [9.17, 15) is 18.0 Å². The molecule has 7 nitrogen and oxygen atoms in total. The molecular weight excluding hydrogens is 546 g/mol. The summed E-state index contributed by atoms with van der Waals surface area (Å²) < 4.78 is 28.9. The van der Waals surface area contributed by atoms with E-state index in [2.05, 4.69) is 5.32 Å². The Bertz CT molecular complexity index is 1410. The predicted octanol–water partition coefficient (Wildman–Crippen LogP) is 5.38. The van der Waals surface area contributed by atoms with Gasteiger partial charge in [0.1, 0.15) is 12.6 Å². The largest absolute Gasteiger partial charge is 0.354 e. The Hall–Kier alpha value is -3.36. The second-order valence-electron chi connectivity index (χ2n) is 10.4. The Balaban J connectivity index is 1.98. The first-order valence-electron chi connectivity index (χ1n) is 13.4. The van der Waals surface area contributed by atoms with Crippen molar-refractivity contribution in [2.45, 2.75) is 52.0 Å². The molecular formula is C31H38ClN3O4S. The minimum atomic E-state index is -4.14. The molecule has 0 heterocycles. The van der Waals surface area contributed by atoms with E-state index < -0.39 is 28.5 Å². The number of nitrogens with one attached hydrogen (secondary N) is 1. The molecule has 214 valence electrons. The average Bonchev–Trinajstić information content (AvgIpc) is 2.92. The molecule has 3 rings (SSSR count). The number of aryl methyl sites for hydroxylation is 2. The fourth-order valence-electron chi connectivity index (χ4n) is 4.13. The fourth-order valence-corrected chi connectivity index (χ4v) is 5.71. The maximum atomic E-state index is 13.9. The van der Waals surface area contributed by atoms with Crippen LogP contribution in [-0.2, 0) is 26.0 Å². The van der Waals surface area contributed by atoms with Gasteiger partial charge in [0, 0.05) is 18.1 Å². The van der Waals surface area contributed by atoms with Crippen LogP contribution < -0.4 is 9.62 Å². The number of hydrogen-bond donors (Lipinski definition) is 1. The van der Waals surface area contributed by atoms with Gasteiger partial charge < -0.3 is 10.2 Å². The minimum absolute atomic E-state index is 0.0566. The summed E-state index contributed by atoms with van der Waals surface area (Å²) in [6.07, 6.45) is 0.509. The van der Waals surface area contributed by atoms with Gasteiger partial charge in [0.25, 0.3) is 10.0 Å². The van der Waals surface area contributed by atoms with Crippen LogP contribution in [0.2, 0.25) is 5.02 Å². The molecule has 2 amide bonds. The number of anilines is 1. The summed E-state index contributed by atoms with van der Waals surface area (Å²) in [5, 5.41) is 3.28. The van der Waals surface area contributed by atoms with Gasteiger partial charge in [-0.25, -0.2) is 8.42 Å². The molecule has 3 aromatic carbocycles. The Morgan fingerprint density at radius 2 is 1.57 bits per heavy atom. The van der Waals surface area contributed by atoms with Crippen molar-refractivity contribution >= 4 is 39.1 Å². The van der Waals surface area contributed by atoms with Crippen LogP contribution in [0.4, 0.5) is 5.69 Å². The van der Waals surface area contributed by atoms with Crippen LogP contribution in [0.1, 0.15) is 37.5 Å². The molecule has 0 fully saturated rings. The van der Waals surface area contributed by atoms with Crippen molar-refractivity contribution in [3.8, 4) is 0 Å². The zero-order valence-corrected chi connectivity index (χ0v) is 25.3. The maximum absolute atomic E-state index is 13.9. The molecule has 0 aromatic heterocycles. The SMILES string of the molecule is Cc1ccc(S(=O)(=O)N(CC(=O)N(CCc2ccccc2)[C@@H](C)C(=O)NCC(C)C)c2ccc(C)c(Cl)c2)cc1. The van der Waals surface area contributed by atoms with E-state index in [4.69, 9.17) is 11.6 Å². The number of nitrogens with zero attached hydrogens (tertiary/aromatic N) is 2. The molecule has 0 saturated heterocycles. The lowest BCUT2D eigenvalue weighted by Crippen LogP contribution is -2.52. The van der Waals surface area contributed by atoms with E-state index in [1.54, 1.807) is 37.3 Å². The highest BCUT2D eigenvalue weighted by Crippen LogP contribution is 2.28. The Morgan fingerprint density at radius 1 is 0.925 bits per heavy atom. The molecule has 3 aromatic rings. The normalized spacial score (nSPS) is 12.2. The molecule has 0 aliphatic carbocycles. The van der Waals surface area contributed by atoms with Gasteiger partial charge in [0.15, 0.2) is 0 Å². The van der Waals surface area contributed by atoms with Crippen molar-refractivity contribution in [2.75, 3.05) is 23.9 Å². The third-order valence-corrected chi connectivity index (χ3v) is 8.86. The van der Waals surface area contributed by atoms with E-state index in [1.165, 1.54) is 17.0 Å². The van der Waals surface area contributed by atoms with E-state index in [-0.39, 0.29) is 29.0 Å². The average molecular weight is 584 g/mol. The molecule has 40 heavy (non-hydrogen) atoms. The first kappa shape index (κ1) is 31.2. The van der Waals surface area contributed by atoms with Crippen molar-refractivity contribution in [1.82, 2.24) is 10.2 Å². The lowest BCUT2D eigenvalue weighted by atomic mass is 10.1. The molecule has 0 saturated carbocycles. The highest BCUT2D eigenvalue weighted by Gasteiger charge is 2.32. The lowest BCUT2D eigenvalue weighted by Gasteiger charge is -2.32. The predicted molar refractivity (Wildman–Crippen MR) is 161 cm³/mol. The third kappa shape index (κ3) is 8.08. The van der Waals surface area contributed by atoms with Crippen LogP contribution in [0, 0.1) is 19.8 Å². The van der Waals surface area contributed by atoms with Gasteiger partial charge >= 0.3 is 0 Å². The third-order valence-electron chi connectivity index (χ3n) is 6.67.